The third kappa shape index (κ3) is 3.03. The zero-order valence-corrected chi connectivity index (χ0v) is 18.6. The highest BCUT2D eigenvalue weighted by Gasteiger charge is 2.18. The number of fused-ring (bicyclic) bond motifs is 4. The summed E-state index contributed by atoms with van der Waals surface area (Å²) in [6.07, 6.45) is 4.27. The standard InChI is InChI=1S/C23H17ClN6OS/c1-29-20-17(21-22(29)27-19(32-21)9-13-5-7-15(24)8-6-13)11-26-30(23(20)31)12-14-3-2-4-18-16(14)10-25-28-18/h2-8,10-11H,9,12H2,1H3,(H,25,28). The predicted octanol–water partition coefficient (Wildman–Crippen LogP) is 4.51. The number of hydrogen-bond donors (Lipinski definition) is 1. The lowest BCUT2D eigenvalue weighted by Gasteiger charge is -2.07. The Labute approximate surface area is 190 Å². The zero-order chi connectivity index (χ0) is 21.8. The van der Waals surface area contributed by atoms with Crippen LogP contribution in [0.25, 0.3) is 32.2 Å². The molecule has 6 rings (SSSR count). The van der Waals surface area contributed by atoms with E-state index >= 15 is 0 Å². The molecule has 0 atom stereocenters. The van der Waals surface area contributed by atoms with Crippen LogP contribution in [0.1, 0.15) is 16.1 Å². The van der Waals surface area contributed by atoms with Gasteiger partial charge >= 0.3 is 0 Å². The number of rotatable bonds is 4. The van der Waals surface area contributed by atoms with Gasteiger partial charge in [0, 0.05) is 29.3 Å². The first-order valence-electron chi connectivity index (χ1n) is 10.1. The Morgan fingerprint density at radius 2 is 1.94 bits per heavy atom. The van der Waals surface area contributed by atoms with Crippen LogP contribution in [0.5, 0.6) is 0 Å². The first-order chi connectivity index (χ1) is 15.6. The molecule has 0 amide bonds. The first kappa shape index (κ1) is 19.2. The van der Waals surface area contributed by atoms with Crippen LogP contribution >= 0.6 is 22.9 Å². The summed E-state index contributed by atoms with van der Waals surface area (Å²) in [7, 11) is 1.89. The van der Waals surface area contributed by atoms with Crippen LogP contribution in [-0.2, 0) is 20.0 Å². The molecule has 7 nitrogen and oxygen atoms in total. The van der Waals surface area contributed by atoms with E-state index in [1.54, 1.807) is 23.7 Å². The smallest absolute Gasteiger partial charge is 0.291 e. The lowest BCUT2D eigenvalue weighted by molar-refractivity contribution is 0.647. The average molecular weight is 461 g/mol. The van der Waals surface area contributed by atoms with Crippen molar-refractivity contribution in [3.8, 4) is 0 Å². The summed E-state index contributed by atoms with van der Waals surface area (Å²) in [6, 6.07) is 13.7. The maximum atomic E-state index is 13.3. The zero-order valence-electron chi connectivity index (χ0n) is 17.0. The van der Waals surface area contributed by atoms with Gasteiger partial charge in [0.2, 0.25) is 0 Å². The monoisotopic (exact) mass is 460 g/mol. The second kappa shape index (κ2) is 7.29. The quantitative estimate of drug-likeness (QED) is 0.419. The summed E-state index contributed by atoms with van der Waals surface area (Å²) in [4.78, 5) is 18.1. The van der Waals surface area contributed by atoms with Gasteiger partial charge in [-0.1, -0.05) is 35.9 Å². The molecule has 4 heterocycles. The van der Waals surface area contributed by atoms with Gasteiger partial charge < -0.3 is 4.57 Å². The molecular formula is C23H17ClN6OS. The van der Waals surface area contributed by atoms with Gasteiger partial charge in [-0.05, 0) is 29.3 Å². The van der Waals surface area contributed by atoms with E-state index in [-0.39, 0.29) is 5.56 Å². The van der Waals surface area contributed by atoms with Crippen LogP contribution in [0.3, 0.4) is 0 Å². The van der Waals surface area contributed by atoms with Crippen molar-refractivity contribution in [1.29, 1.82) is 0 Å². The molecule has 0 bridgehead atoms. The first-order valence-corrected chi connectivity index (χ1v) is 11.3. The van der Waals surface area contributed by atoms with E-state index in [1.165, 1.54) is 4.68 Å². The van der Waals surface area contributed by atoms with E-state index in [1.807, 2.05) is 54.1 Å². The molecule has 4 aromatic heterocycles. The highest BCUT2D eigenvalue weighted by Crippen LogP contribution is 2.32. The molecule has 1 N–H and O–H groups in total. The topological polar surface area (TPSA) is 81.4 Å². The molecular weight excluding hydrogens is 444 g/mol. The summed E-state index contributed by atoms with van der Waals surface area (Å²) >= 11 is 7.59. The van der Waals surface area contributed by atoms with Crippen LogP contribution in [0, 0.1) is 0 Å². The average Bonchev–Trinajstić information content (AvgIpc) is 3.49. The Bertz CT molecular complexity index is 1670. The number of H-pyrrole nitrogens is 1. The Kier molecular flexibility index (Phi) is 4.38. The Hall–Kier alpha value is -3.49. The summed E-state index contributed by atoms with van der Waals surface area (Å²) < 4.78 is 4.37. The fraction of sp³-hybridized carbons (Fsp3) is 0.130. The molecule has 0 aliphatic rings. The van der Waals surface area contributed by atoms with Gasteiger partial charge in [0.05, 0.1) is 29.2 Å². The number of nitrogens with one attached hydrogen (secondary N) is 1. The Morgan fingerprint density at radius 1 is 1.09 bits per heavy atom. The van der Waals surface area contributed by atoms with Crippen molar-refractivity contribution in [1.82, 2.24) is 29.5 Å². The van der Waals surface area contributed by atoms with E-state index in [2.05, 4.69) is 15.3 Å². The SMILES string of the molecule is Cn1c2nc(Cc3ccc(Cl)cc3)sc2c2cnn(Cc3cccc4[nH]ncc34)c(=O)c21. The van der Waals surface area contributed by atoms with Crippen molar-refractivity contribution in [3.05, 3.63) is 86.4 Å². The number of hydrogen-bond acceptors (Lipinski definition) is 5. The van der Waals surface area contributed by atoms with E-state index < -0.39 is 0 Å². The number of aromatic nitrogens is 6. The molecule has 0 fully saturated rings. The van der Waals surface area contributed by atoms with Gasteiger partial charge in [0.15, 0.2) is 5.65 Å². The molecule has 0 unspecified atom stereocenters. The molecule has 9 heteroatoms. The molecule has 158 valence electrons. The summed E-state index contributed by atoms with van der Waals surface area (Å²) in [5.74, 6) is 0. The van der Waals surface area contributed by atoms with E-state index in [0.717, 1.165) is 54.2 Å². The van der Waals surface area contributed by atoms with Crippen molar-refractivity contribution in [3.63, 3.8) is 0 Å². The van der Waals surface area contributed by atoms with Gasteiger partial charge in [-0.15, -0.1) is 11.3 Å². The van der Waals surface area contributed by atoms with Gasteiger partial charge in [-0.25, -0.2) is 9.67 Å². The van der Waals surface area contributed by atoms with Crippen LogP contribution in [0.15, 0.2) is 59.7 Å². The fourth-order valence-corrected chi connectivity index (χ4v) is 5.39. The lowest BCUT2D eigenvalue weighted by Crippen LogP contribution is -2.24. The highest BCUT2D eigenvalue weighted by atomic mass is 35.5. The van der Waals surface area contributed by atoms with E-state index in [4.69, 9.17) is 16.6 Å². The molecule has 0 saturated heterocycles. The number of halogens is 1. The maximum absolute atomic E-state index is 13.3. The molecule has 2 aromatic carbocycles. The van der Waals surface area contributed by atoms with E-state index in [0.29, 0.717) is 12.1 Å². The molecule has 0 radical (unpaired) electrons. The van der Waals surface area contributed by atoms with Crippen molar-refractivity contribution in [2.75, 3.05) is 0 Å². The van der Waals surface area contributed by atoms with Crippen molar-refractivity contribution in [2.24, 2.45) is 7.05 Å². The molecule has 0 spiro atoms. The molecule has 32 heavy (non-hydrogen) atoms. The van der Waals surface area contributed by atoms with Crippen LogP contribution in [-0.4, -0.2) is 29.5 Å². The predicted molar refractivity (Wildman–Crippen MR) is 128 cm³/mol. The molecule has 0 saturated carbocycles. The van der Waals surface area contributed by atoms with Crippen LogP contribution < -0.4 is 5.56 Å². The normalized spacial score (nSPS) is 11.8. The van der Waals surface area contributed by atoms with Crippen molar-refractivity contribution in [2.45, 2.75) is 13.0 Å². The summed E-state index contributed by atoms with van der Waals surface area (Å²) in [5, 5.41) is 15.1. The van der Waals surface area contributed by atoms with Gasteiger partial charge in [0.25, 0.3) is 5.56 Å². The number of aromatic amines is 1. The summed E-state index contributed by atoms with van der Waals surface area (Å²) in [6.45, 7) is 0.375. The fourth-order valence-electron chi connectivity index (χ4n) is 4.13. The number of nitrogens with zero attached hydrogens (tertiary/aromatic N) is 5. The maximum Gasteiger partial charge on any atom is 0.291 e. The Balaban J connectivity index is 1.41. The minimum absolute atomic E-state index is 0.130. The highest BCUT2D eigenvalue weighted by molar-refractivity contribution is 7.19. The largest absolute Gasteiger partial charge is 0.323 e. The van der Waals surface area contributed by atoms with E-state index in [9.17, 15) is 4.79 Å². The van der Waals surface area contributed by atoms with Gasteiger partial charge in [-0.3, -0.25) is 9.89 Å². The van der Waals surface area contributed by atoms with Crippen LogP contribution in [0.4, 0.5) is 0 Å². The summed E-state index contributed by atoms with van der Waals surface area (Å²) in [5.41, 5.74) is 4.37. The number of aryl methyl sites for hydroxylation is 1. The van der Waals surface area contributed by atoms with Crippen molar-refractivity contribution < 1.29 is 0 Å². The number of benzene rings is 2. The minimum atomic E-state index is -0.130. The third-order valence-corrected chi connectivity index (χ3v) is 7.06. The molecule has 6 aromatic rings. The Morgan fingerprint density at radius 3 is 2.78 bits per heavy atom. The van der Waals surface area contributed by atoms with Crippen molar-refractivity contribution >= 4 is 55.1 Å². The lowest BCUT2D eigenvalue weighted by atomic mass is 10.1. The van der Waals surface area contributed by atoms with Crippen LogP contribution in [0.2, 0.25) is 5.02 Å². The second-order valence-electron chi connectivity index (χ2n) is 7.74. The second-order valence-corrected chi connectivity index (χ2v) is 9.26. The molecule has 0 aliphatic heterocycles. The number of thiazole rings is 1. The van der Waals surface area contributed by atoms with Gasteiger partial charge in [-0.2, -0.15) is 10.2 Å². The van der Waals surface area contributed by atoms with Gasteiger partial charge in [0.1, 0.15) is 10.5 Å². The third-order valence-electron chi connectivity index (χ3n) is 5.73. The minimum Gasteiger partial charge on any atom is -0.323 e. The molecule has 0 aliphatic carbocycles.